The summed E-state index contributed by atoms with van der Waals surface area (Å²) in [4.78, 5) is 18.2. The summed E-state index contributed by atoms with van der Waals surface area (Å²) in [6.45, 7) is 4.48. The number of rotatable bonds is 3. The predicted molar refractivity (Wildman–Crippen MR) is 95.4 cm³/mol. The number of aliphatic imine (C=N–C) groups is 1. The molecule has 0 amide bonds. The van der Waals surface area contributed by atoms with E-state index in [1.165, 1.54) is 18.2 Å². The molecule has 0 aromatic heterocycles. The number of carbonyl (C=O) groups is 1. The predicted octanol–water partition coefficient (Wildman–Crippen LogP) is 2.72. The minimum atomic E-state index is -0.0990. The summed E-state index contributed by atoms with van der Waals surface area (Å²) < 4.78 is 5.92. The summed E-state index contributed by atoms with van der Waals surface area (Å²) in [5.74, 6) is 0.803. The molecule has 5 nitrogen and oxygen atoms in total. The quantitative estimate of drug-likeness (QED) is 0.496. The molecule has 1 heterocycles. The number of hydrogen-bond donors (Lipinski definition) is 1. The van der Waals surface area contributed by atoms with E-state index in [1.807, 2.05) is 0 Å². The van der Waals surface area contributed by atoms with Crippen LogP contribution in [0.3, 0.4) is 0 Å². The Morgan fingerprint density at radius 3 is 2.70 bits per heavy atom. The lowest BCUT2D eigenvalue weighted by Crippen LogP contribution is -2.46. The summed E-state index contributed by atoms with van der Waals surface area (Å²) in [6, 6.07) is 6.28. The van der Waals surface area contributed by atoms with Crippen LogP contribution in [0.2, 0.25) is 0 Å². The van der Waals surface area contributed by atoms with E-state index in [1.54, 1.807) is 7.05 Å². The maximum Gasteiger partial charge on any atom is 0.308 e. The number of hydrogen-bond acceptors (Lipinski definition) is 3. The Morgan fingerprint density at radius 1 is 1.43 bits per heavy atom. The van der Waals surface area contributed by atoms with Gasteiger partial charge in [-0.05, 0) is 43.0 Å². The van der Waals surface area contributed by atoms with Gasteiger partial charge in [0.15, 0.2) is 5.96 Å². The Labute approximate surface area is 146 Å². The van der Waals surface area contributed by atoms with Crippen molar-refractivity contribution in [1.82, 2.24) is 10.2 Å². The van der Waals surface area contributed by atoms with Gasteiger partial charge in [0.25, 0.3) is 0 Å². The molecule has 1 N–H and O–H groups in total. The first kappa shape index (κ1) is 17.8. The molecule has 126 valence electrons. The summed E-state index contributed by atoms with van der Waals surface area (Å²) >= 11 is 3.49. The number of nitrogens with zero attached hydrogens (tertiary/aromatic N) is 2. The van der Waals surface area contributed by atoms with Crippen LogP contribution in [0.5, 0.6) is 0 Å². The molecule has 0 atom stereocenters. The lowest BCUT2D eigenvalue weighted by molar-refractivity contribution is -0.146. The number of carbonyl (C=O) groups excluding carboxylic acids is 1. The molecule has 23 heavy (non-hydrogen) atoms. The van der Waals surface area contributed by atoms with E-state index in [0.29, 0.717) is 0 Å². The van der Waals surface area contributed by atoms with Crippen LogP contribution in [0.1, 0.15) is 24.0 Å². The van der Waals surface area contributed by atoms with Crippen LogP contribution < -0.4 is 5.32 Å². The van der Waals surface area contributed by atoms with E-state index >= 15 is 0 Å². The van der Waals surface area contributed by atoms with Crippen LogP contribution in [0.25, 0.3) is 0 Å². The fourth-order valence-corrected chi connectivity index (χ4v) is 3.33. The molecule has 1 aromatic rings. The second-order valence-corrected chi connectivity index (χ2v) is 6.67. The van der Waals surface area contributed by atoms with Crippen LogP contribution in [-0.4, -0.2) is 44.1 Å². The highest BCUT2D eigenvalue weighted by Gasteiger charge is 2.26. The van der Waals surface area contributed by atoms with E-state index in [-0.39, 0.29) is 11.9 Å². The number of piperidine rings is 1. The molecule has 1 fully saturated rings. The molecule has 0 bridgehead atoms. The van der Waals surface area contributed by atoms with Gasteiger partial charge < -0.3 is 15.0 Å². The standard InChI is InChI=1S/C17H24BrN3O2/c1-12-10-15(18)5-4-14(12)11-20-17(19-2)21-8-6-13(7-9-21)16(22)23-3/h4-5,10,13H,6-9,11H2,1-3H3,(H,19,20). The molecule has 1 aliphatic rings. The van der Waals surface area contributed by atoms with Crippen LogP contribution >= 0.6 is 15.9 Å². The van der Waals surface area contributed by atoms with Gasteiger partial charge in [-0.25, -0.2) is 0 Å². The van der Waals surface area contributed by atoms with E-state index in [0.717, 1.165) is 42.9 Å². The molecular weight excluding hydrogens is 358 g/mol. The molecule has 1 aromatic carbocycles. The van der Waals surface area contributed by atoms with Crippen LogP contribution in [-0.2, 0) is 16.1 Å². The van der Waals surface area contributed by atoms with Gasteiger partial charge in [0.1, 0.15) is 0 Å². The lowest BCUT2D eigenvalue weighted by Gasteiger charge is -2.33. The highest BCUT2D eigenvalue weighted by molar-refractivity contribution is 9.10. The number of nitrogens with one attached hydrogen (secondary N) is 1. The Morgan fingerprint density at radius 2 is 2.13 bits per heavy atom. The topological polar surface area (TPSA) is 53.9 Å². The largest absolute Gasteiger partial charge is 0.469 e. The summed E-state index contributed by atoms with van der Waals surface area (Å²) in [5, 5.41) is 3.42. The Balaban J connectivity index is 1.90. The van der Waals surface area contributed by atoms with E-state index < -0.39 is 0 Å². The van der Waals surface area contributed by atoms with Crippen molar-refractivity contribution in [2.45, 2.75) is 26.3 Å². The molecule has 0 spiro atoms. The number of aryl methyl sites for hydroxylation is 1. The average molecular weight is 382 g/mol. The molecular formula is C17H24BrN3O2. The number of esters is 1. The highest BCUT2D eigenvalue weighted by atomic mass is 79.9. The van der Waals surface area contributed by atoms with Crippen molar-refractivity contribution in [3.63, 3.8) is 0 Å². The molecule has 0 saturated carbocycles. The number of likely N-dealkylation sites (tertiary alicyclic amines) is 1. The van der Waals surface area contributed by atoms with Gasteiger partial charge in [-0.1, -0.05) is 22.0 Å². The number of benzene rings is 1. The number of ether oxygens (including phenoxy) is 1. The van der Waals surface area contributed by atoms with E-state index in [4.69, 9.17) is 4.74 Å². The van der Waals surface area contributed by atoms with Crippen LogP contribution in [0.15, 0.2) is 27.7 Å². The van der Waals surface area contributed by atoms with E-state index in [2.05, 4.69) is 56.3 Å². The Bertz CT molecular complexity index is 581. The highest BCUT2D eigenvalue weighted by Crippen LogP contribution is 2.19. The van der Waals surface area contributed by atoms with Crippen molar-refractivity contribution in [3.8, 4) is 0 Å². The van der Waals surface area contributed by atoms with Gasteiger partial charge in [-0.3, -0.25) is 9.79 Å². The molecule has 0 unspecified atom stereocenters. The van der Waals surface area contributed by atoms with Crippen molar-refractivity contribution in [3.05, 3.63) is 33.8 Å². The average Bonchev–Trinajstić information content (AvgIpc) is 2.57. The normalized spacial score (nSPS) is 16.3. The zero-order chi connectivity index (χ0) is 16.8. The molecule has 0 radical (unpaired) electrons. The van der Waals surface area contributed by atoms with Crippen molar-refractivity contribution in [2.24, 2.45) is 10.9 Å². The number of halogens is 1. The SMILES string of the molecule is CN=C(NCc1ccc(Br)cc1C)N1CCC(C(=O)OC)CC1. The molecule has 0 aliphatic carbocycles. The maximum atomic E-state index is 11.6. The van der Waals surface area contributed by atoms with Crippen molar-refractivity contribution >= 4 is 27.9 Å². The minimum absolute atomic E-state index is 0.0167. The van der Waals surface area contributed by atoms with Gasteiger partial charge in [0.05, 0.1) is 13.0 Å². The van der Waals surface area contributed by atoms with E-state index in [9.17, 15) is 4.79 Å². The zero-order valence-corrected chi connectivity index (χ0v) is 15.5. The second kappa shape index (κ2) is 8.34. The smallest absolute Gasteiger partial charge is 0.308 e. The monoisotopic (exact) mass is 381 g/mol. The first-order chi connectivity index (χ1) is 11.0. The summed E-state index contributed by atoms with van der Waals surface area (Å²) in [7, 11) is 3.25. The molecule has 1 saturated heterocycles. The van der Waals surface area contributed by atoms with Crippen molar-refractivity contribution in [1.29, 1.82) is 0 Å². The lowest BCUT2D eigenvalue weighted by atomic mass is 9.97. The fourth-order valence-electron chi connectivity index (χ4n) is 2.86. The van der Waals surface area contributed by atoms with Gasteiger partial charge in [0.2, 0.25) is 0 Å². The summed E-state index contributed by atoms with van der Waals surface area (Å²) in [5.41, 5.74) is 2.49. The Kier molecular flexibility index (Phi) is 6.45. The number of methoxy groups -OCH3 is 1. The maximum absolute atomic E-state index is 11.6. The number of guanidine groups is 1. The van der Waals surface area contributed by atoms with Gasteiger partial charge >= 0.3 is 5.97 Å². The van der Waals surface area contributed by atoms with Crippen LogP contribution in [0, 0.1) is 12.8 Å². The first-order valence-electron chi connectivity index (χ1n) is 7.83. The van der Waals surface area contributed by atoms with Gasteiger partial charge in [0, 0.05) is 31.2 Å². The first-order valence-corrected chi connectivity index (χ1v) is 8.63. The third-order valence-corrected chi connectivity index (χ3v) is 4.78. The van der Waals surface area contributed by atoms with Crippen molar-refractivity contribution < 1.29 is 9.53 Å². The molecule has 6 heteroatoms. The fraction of sp³-hybridized carbons (Fsp3) is 0.529. The third kappa shape index (κ3) is 4.70. The van der Waals surface area contributed by atoms with Crippen LogP contribution in [0.4, 0.5) is 0 Å². The minimum Gasteiger partial charge on any atom is -0.469 e. The second-order valence-electron chi connectivity index (χ2n) is 5.76. The Hall–Kier alpha value is -1.56. The summed E-state index contributed by atoms with van der Waals surface area (Å²) in [6.07, 6.45) is 1.62. The molecule has 2 rings (SSSR count). The van der Waals surface area contributed by atoms with Gasteiger partial charge in [-0.15, -0.1) is 0 Å². The molecule has 1 aliphatic heterocycles. The zero-order valence-electron chi connectivity index (χ0n) is 13.9. The van der Waals surface area contributed by atoms with Crippen molar-refractivity contribution in [2.75, 3.05) is 27.2 Å². The van der Waals surface area contributed by atoms with Gasteiger partial charge in [-0.2, -0.15) is 0 Å². The third-order valence-electron chi connectivity index (χ3n) is 4.28.